The van der Waals surface area contributed by atoms with E-state index in [4.69, 9.17) is 40.2 Å². The topological polar surface area (TPSA) is 370 Å². The van der Waals surface area contributed by atoms with Gasteiger partial charge in [0, 0.05) is 78.0 Å². The van der Waals surface area contributed by atoms with Crippen LogP contribution in [0, 0.1) is 53.3 Å². The van der Waals surface area contributed by atoms with E-state index in [1.165, 1.54) is 82.3 Å². The van der Waals surface area contributed by atoms with Crippen molar-refractivity contribution in [2.75, 3.05) is 142 Å². The summed E-state index contributed by atoms with van der Waals surface area (Å²) in [6.07, 6.45) is 11.9. The van der Waals surface area contributed by atoms with E-state index in [2.05, 4.69) is 21.7 Å². The molecule has 7 aliphatic rings. The molecule has 7 saturated heterocycles. The number of methoxy groups -OCH3 is 3. The molecule has 0 aliphatic carbocycles. The predicted octanol–water partition coefficient (Wildman–Crippen LogP) is 5.49. The fourth-order valence-electron chi connectivity index (χ4n) is 11.1. The second kappa shape index (κ2) is 56.0. The summed E-state index contributed by atoms with van der Waals surface area (Å²) in [4.78, 5) is 56.0. The Labute approximate surface area is 641 Å². The molecule has 7 fully saturated rings. The average molecular weight is 1580 g/mol. The number of sulfone groups is 3. The van der Waals surface area contributed by atoms with E-state index in [-0.39, 0.29) is 119 Å². The van der Waals surface area contributed by atoms with Crippen LogP contribution in [-0.4, -0.2) is 238 Å². The van der Waals surface area contributed by atoms with Crippen molar-refractivity contribution in [3.8, 4) is 0 Å². The largest absolute Gasteiger partial charge is 1.00 e. The second-order valence-corrected chi connectivity index (χ2v) is 40.2. The zero-order chi connectivity index (χ0) is 73.9. The summed E-state index contributed by atoms with van der Waals surface area (Å²) in [6, 6.07) is 8.76. The molecule has 7 heterocycles. The van der Waals surface area contributed by atoms with Gasteiger partial charge in [-0.1, -0.05) is 63.6 Å². The number of rotatable bonds is 17. The summed E-state index contributed by atoms with van der Waals surface area (Å²) in [5.41, 5.74) is 8.47. The van der Waals surface area contributed by atoms with Crippen LogP contribution in [0.25, 0.3) is 0 Å². The number of thioether (sulfide) groups is 4. The molecule has 8 rings (SSSR count). The first-order valence-corrected chi connectivity index (χ1v) is 46.2. The number of ketones is 1. The fourth-order valence-corrected chi connectivity index (χ4v) is 21.0. The van der Waals surface area contributed by atoms with Crippen LogP contribution in [-0.2, 0) is 83.3 Å². The molecular weight excluding hydrogens is 1460 g/mol. The standard InChI is InChI=1S/C13H18NO6P.C9H16O2S.C9H14O2S.2C8H16O3S.C8H16OS.C7H15NO3S.C5H8OS.B.Na.H/c1-18-12(15)11(21(3,17)19-2)14-13(16)20-9-10-7-5-4-6-8-10;2*1-7(9(10)11-2)8-3-5-12-6-4-8;2*1-7(6-9)8-2-4-12(10,11)5-3-8;1-7(6-9)8-2-4-10-5-3-8;8-7(5-9)6-1-3-12(10,11)4-2-6;6-5-1-3-7-4-2-5;;;/h4-8,11H,9H2,1-3H3,(H,14,16);7-8H,3-6H2,1-2H3;3-6H2,1-2H3;2*7-9H,2-6H2,1H3;7-9H,2-6H2,1H3;6-7,9H,1-5,8H2;1-4H2;;;/q;;;;;;;;;+1;-1. The molecular formula is C67H120BN2NaO21PS7. The molecule has 7 N–H and O–H groups in total. The maximum atomic E-state index is 12.1. The normalized spacial score (nSPS) is 21.5. The molecule has 100 heavy (non-hydrogen) atoms. The molecule has 575 valence electrons. The summed E-state index contributed by atoms with van der Waals surface area (Å²) in [7, 11) is -6.45. The number of nitrogens with two attached hydrogens (primary N) is 1. The molecule has 0 saturated carbocycles. The number of carbonyl (C=O) groups excluding carboxylic acids is 5. The van der Waals surface area contributed by atoms with Crippen molar-refractivity contribution < 1.29 is 129 Å². The summed E-state index contributed by atoms with van der Waals surface area (Å²) in [5.74, 6) is 12.5. The number of hydrogen-bond acceptors (Lipinski definition) is 26. The second-order valence-electron chi connectivity index (χ2n) is 25.7. The number of benzene rings is 1. The van der Waals surface area contributed by atoms with Gasteiger partial charge in [0.25, 0.3) is 0 Å². The van der Waals surface area contributed by atoms with Crippen LogP contribution in [0.15, 0.2) is 41.5 Å². The van der Waals surface area contributed by atoms with Gasteiger partial charge in [0.05, 0.1) is 68.4 Å². The first-order valence-electron chi connectivity index (χ1n) is 34.0. The SMILES string of the molecule is CC(CO)C1CCS(=O)(=O)CC1.CC(CO)C1CCS(=O)(=O)CC1.CC(CO)C1CCSCC1.COC(=O)C(C)=C1CCSCC1.COC(=O)C(C)C1CCSCC1.COC(=O)C(NC(=O)OCc1ccccc1)P(C)(=O)OC.NC(CO)C1CCS(=O)(=O)CC1.O=C1CCSCC1.[B].[H-].[Na+]. The minimum Gasteiger partial charge on any atom is -1.00 e. The molecule has 3 radical (unpaired) electrons. The molecule has 7 unspecified atom stereocenters. The Morgan fingerprint density at radius 3 is 1.26 bits per heavy atom. The summed E-state index contributed by atoms with van der Waals surface area (Å²) >= 11 is 7.86. The van der Waals surface area contributed by atoms with Gasteiger partial charge >= 0.3 is 53.6 Å². The van der Waals surface area contributed by atoms with E-state index < -0.39 is 54.7 Å². The number of Topliss-reactive ketones (excluding diaryl/α,β-unsaturated/α-hetero) is 1. The van der Waals surface area contributed by atoms with E-state index >= 15 is 0 Å². The number of allylic oxidation sites excluding steroid dienone is 1. The third-order valence-corrected chi connectivity index (χ3v) is 29.8. The Balaban J connectivity index is -0.00000110. The first-order chi connectivity index (χ1) is 46.3. The predicted molar refractivity (Wildman–Crippen MR) is 405 cm³/mol. The van der Waals surface area contributed by atoms with Crippen LogP contribution in [0.3, 0.4) is 0 Å². The number of hydrogen-bond donors (Lipinski definition) is 6. The molecule has 7 atom stereocenters. The summed E-state index contributed by atoms with van der Waals surface area (Å²) in [6.45, 7) is 11.9. The van der Waals surface area contributed by atoms with Gasteiger partial charge < -0.3 is 51.1 Å². The Morgan fingerprint density at radius 2 is 0.920 bits per heavy atom. The van der Waals surface area contributed by atoms with Gasteiger partial charge in [-0.2, -0.15) is 47.0 Å². The number of amides is 1. The summed E-state index contributed by atoms with van der Waals surface area (Å²) < 4.78 is 102. The third kappa shape index (κ3) is 43.4. The van der Waals surface area contributed by atoms with Gasteiger partial charge in [-0.05, 0) is 171 Å². The Kier molecular flexibility index (Phi) is 56.3. The Morgan fingerprint density at radius 1 is 0.560 bits per heavy atom. The van der Waals surface area contributed by atoms with Gasteiger partial charge in [-0.25, -0.2) is 39.6 Å². The van der Waals surface area contributed by atoms with Crippen LogP contribution in [0.5, 0.6) is 0 Å². The van der Waals surface area contributed by atoms with Crippen LogP contribution >= 0.6 is 54.4 Å². The number of aliphatic hydroxyl groups is 4. The summed E-state index contributed by atoms with van der Waals surface area (Å²) in [5, 5.41) is 37.6. The van der Waals surface area contributed by atoms with E-state index in [9.17, 15) is 53.8 Å². The molecule has 23 nitrogen and oxygen atoms in total. The van der Waals surface area contributed by atoms with Crippen molar-refractivity contribution in [2.45, 2.75) is 143 Å². The minimum absolute atomic E-state index is 0. The monoisotopic (exact) mass is 1580 g/mol. The van der Waals surface area contributed by atoms with Crippen LogP contribution in [0.1, 0.15) is 132 Å². The van der Waals surface area contributed by atoms with Gasteiger partial charge in [0.2, 0.25) is 13.2 Å². The molecule has 1 aromatic carbocycles. The maximum Gasteiger partial charge on any atom is 1.00 e. The molecule has 1 aromatic rings. The molecule has 0 bridgehead atoms. The fraction of sp³-hybridized carbons (Fsp3) is 0.806. The molecule has 0 aromatic heterocycles. The quantitative estimate of drug-likeness (QED) is 0.0369. The molecule has 33 heteroatoms. The van der Waals surface area contributed by atoms with Crippen LogP contribution < -0.4 is 40.6 Å². The van der Waals surface area contributed by atoms with Gasteiger partial charge in [0.1, 0.15) is 41.9 Å². The third-order valence-electron chi connectivity index (χ3n) is 18.6. The van der Waals surface area contributed by atoms with Crippen molar-refractivity contribution in [3.05, 3.63) is 47.0 Å². The molecule has 0 spiro atoms. The molecule has 7 aliphatic heterocycles. The number of carbonyl (C=O) groups is 5. The Hall–Kier alpha value is -1.39. The van der Waals surface area contributed by atoms with Crippen molar-refractivity contribution in [3.63, 3.8) is 0 Å². The Bertz CT molecular complexity index is 2710. The van der Waals surface area contributed by atoms with Crippen molar-refractivity contribution >= 4 is 122 Å². The molecule has 1 amide bonds. The maximum absolute atomic E-state index is 12.1. The number of nitrogens with one attached hydrogen (secondary N) is 1. The van der Waals surface area contributed by atoms with Gasteiger partial charge in [-0.15, -0.1) is 0 Å². The number of aliphatic hydroxyl groups excluding tert-OH is 4. The van der Waals surface area contributed by atoms with Gasteiger partial charge in [-0.3, -0.25) is 19.5 Å². The zero-order valence-corrected chi connectivity index (χ0v) is 69.9. The van der Waals surface area contributed by atoms with E-state index in [1.54, 1.807) is 24.3 Å². The van der Waals surface area contributed by atoms with E-state index in [0.717, 1.165) is 98.5 Å². The first kappa shape index (κ1) is 101. The smallest absolute Gasteiger partial charge is 1.00 e. The zero-order valence-electron chi connectivity index (χ0n) is 62.3. The van der Waals surface area contributed by atoms with E-state index in [1.807, 2.05) is 80.8 Å². The minimum atomic E-state index is -3.39. The number of esters is 3. The van der Waals surface area contributed by atoms with E-state index in [0.29, 0.717) is 71.9 Å². The number of alkyl carbamates (subject to hydrolysis) is 1. The van der Waals surface area contributed by atoms with Crippen LogP contribution in [0.4, 0.5) is 4.79 Å². The van der Waals surface area contributed by atoms with Gasteiger partial charge in [0.15, 0.2) is 0 Å². The van der Waals surface area contributed by atoms with Crippen molar-refractivity contribution in [1.29, 1.82) is 0 Å². The number of ether oxygens (including phenoxy) is 4. The van der Waals surface area contributed by atoms with Crippen molar-refractivity contribution in [1.82, 2.24) is 5.32 Å². The van der Waals surface area contributed by atoms with Crippen LogP contribution in [0.2, 0.25) is 0 Å². The average Bonchev–Trinajstić information content (AvgIpc) is 0.861. The van der Waals surface area contributed by atoms with Crippen molar-refractivity contribution in [2.24, 2.45) is 59.0 Å².